The van der Waals surface area contributed by atoms with Crippen LogP contribution in [0.1, 0.15) is 61.7 Å². The molecule has 9 nitrogen and oxygen atoms in total. The molecule has 0 aliphatic heterocycles. The Hall–Kier alpha value is -4.76. The molecule has 2 atom stereocenters. The number of rotatable bonds is 9. The zero-order chi connectivity index (χ0) is 30.6. The maximum Gasteiger partial charge on any atom is 0.439 e. The van der Waals surface area contributed by atoms with E-state index in [1.54, 1.807) is 4.57 Å². The van der Waals surface area contributed by atoms with E-state index < -0.39 is 5.76 Å². The van der Waals surface area contributed by atoms with Crippen LogP contribution in [0.25, 0.3) is 28.2 Å². The number of aryl methyl sites for hydroxylation is 2. The van der Waals surface area contributed by atoms with Gasteiger partial charge in [-0.1, -0.05) is 61.0 Å². The molecule has 9 heteroatoms. The van der Waals surface area contributed by atoms with E-state index in [1.165, 1.54) is 0 Å². The molecule has 1 aliphatic rings. The second-order valence-electron chi connectivity index (χ2n) is 11.4. The van der Waals surface area contributed by atoms with Crippen molar-refractivity contribution in [2.45, 2.75) is 71.0 Å². The Labute approximate surface area is 255 Å². The normalized spacial score (nSPS) is 16.6. The van der Waals surface area contributed by atoms with Gasteiger partial charge in [0.2, 0.25) is 0 Å². The van der Waals surface area contributed by atoms with Crippen LogP contribution in [0, 0.1) is 6.92 Å². The second-order valence-corrected chi connectivity index (χ2v) is 11.4. The Morgan fingerprint density at radius 2 is 1.82 bits per heavy atom. The van der Waals surface area contributed by atoms with E-state index in [0.29, 0.717) is 53.5 Å². The second kappa shape index (κ2) is 12.9. The number of benzene rings is 3. The molecule has 6 rings (SSSR count). The number of aromatic amines is 1. The SMILES string of the molecule is CCCc1nc(C)n(-c2ccc(OC3CCCC(O)C3)cc2)c(=O)c1Cc1ccc(-c2ccccc2)c(-c2noc(=O)[nH]2)c1. The summed E-state index contributed by atoms with van der Waals surface area (Å²) in [4.78, 5) is 33.6. The van der Waals surface area contributed by atoms with E-state index >= 15 is 0 Å². The Bertz CT molecular complexity index is 1860. The van der Waals surface area contributed by atoms with Crippen molar-refractivity contribution in [2.75, 3.05) is 0 Å². The molecule has 1 saturated carbocycles. The van der Waals surface area contributed by atoms with Gasteiger partial charge < -0.3 is 9.84 Å². The molecular formula is C35H36N4O5. The smallest absolute Gasteiger partial charge is 0.439 e. The molecule has 226 valence electrons. The highest BCUT2D eigenvalue weighted by Gasteiger charge is 2.22. The van der Waals surface area contributed by atoms with Gasteiger partial charge in [-0.3, -0.25) is 18.9 Å². The summed E-state index contributed by atoms with van der Waals surface area (Å²) in [5.41, 5.74) is 5.45. The predicted molar refractivity (Wildman–Crippen MR) is 168 cm³/mol. The third kappa shape index (κ3) is 6.28. The van der Waals surface area contributed by atoms with E-state index in [-0.39, 0.29) is 17.8 Å². The van der Waals surface area contributed by atoms with Gasteiger partial charge in [0.1, 0.15) is 17.7 Å². The molecule has 0 spiro atoms. The van der Waals surface area contributed by atoms with Crippen LogP contribution in [-0.2, 0) is 12.8 Å². The molecule has 1 fully saturated rings. The van der Waals surface area contributed by atoms with Crippen molar-refractivity contribution >= 4 is 0 Å². The molecule has 1 aliphatic carbocycles. The van der Waals surface area contributed by atoms with Gasteiger partial charge in [-0.05, 0) is 79.6 Å². The number of nitrogens with one attached hydrogen (secondary N) is 1. The van der Waals surface area contributed by atoms with Crippen LogP contribution >= 0.6 is 0 Å². The molecular weight excluding hydrogens is 556 g/mol. The number of nitrogens with zero attached hydrogens (tertiary/aromatic N) is 3. The summed E-state index contributed by atoms with van der Waals surface area (Å²) in [6.07, 6.45) is 4.88. The maximum absolute atomic E-state index is 14.2. The Morgan fingerprint density at radius 3 is 2.52 bits per heavy atom. The number of hydrogen-bond acceptors (Lipinski definition) is 7. The van der Waals surface area contributed by atoms with Crippen molar-refractivity contribution < 1.29 is 14.4 Å². The highest BCUT2D eigenvalue weighted by Crippen LogP contribution is 2.32. The average Bonchev–Trinajstić information content (AvgIpc) is 3.46. The van der Waals surface area contributed by atoms with E-state index in [2.05, 4.69) is 17.1 Å². The monoisotopic (exact) mass is 592 g/mol. The average molecular weight is 593 g/mol. The first-order chi connectivity index (χ1) is 21.4. The fourth-order valence-corrected chi connectivity index (χ4v) is 6.05. The van der Waals surface area contributed by atoms with Crippen LogP contribution in [0.15, 0.2) is 86.9 Å². The summed E-state index contributed by atoms with van der Waals surface area (Å²) < 4.78 is 12.6. The zero-order valence-corrected chi connectivity index (χ0v) is 25.0. The molecule has 2 heterocycles. The highest BCUT2D eigenvalue weighted by molar-refractivity contribution is 5.81. The first-order valence-corrected chi connectivity index (χ1v) is 15.2. The van der Waals surface area contributed by atoms with Crippen molar-refractivity contribution in [1.82, 2.24) is 19.7 Å². The van der Waals surface area contributed by atoms with Crippen molar-refractivity contribution in [1.29, 1.82) is 0 Å². The van der Waals surface area contributed by atoms with E-state index in [4.69, 9.17) is 14.2 Å². The van der Waals surface area contributed by atoms with Gasteiger partial charge in [0.05, 0.1) is 17.5 Å². The molecule has 2 N–H and O–H groups in total. The standard InChI is InChI=1S/C35H36N4O5/c1-3-8-32-31(20-23-13-18-29(24-9-5-4-6-10-24)30(19-23)33-37-35(42)44-38-33)34(41)39(22(2)36-32)25-14-16-27(17-15-25)43-28-12-7-11-26(40)21-28/h4-6,9-10,13-19,26,28,40H,3,7-8,11-12,20-21H2,1-2H3,(H,37,38,42). The third-order valence-electron chi connectivity index (χ3n) is 8.16. The van der Waals surface area contributed by atoms with Crippen LogP contribution < -0.4 is 16.1 Å². The molecule has 44 heavy (non-hydrogen) atoms. The summed E-state index contributed by atoms with van der Waals surface area (Å²) >= 11 is 0. The number of H-pyrrole nitrogens is 1. The van der Waals surface area contributed by atoms with Crippen LogP contribution in [0.2, 0.25) is 0 Å². The Morgan fingerprint density at radius 1 is 1.02 bits per heavy atom. The topological polar surface area (TPSA) is 123 Å². The fraction of sp³-hybridized carbons (Fsp3) is 0.314. The number of hydrogen-bond donors (Lipinski definition) is 2. The molecule has 0 saturated heterocycles. The van der Waals surface area contributed by atoms with Gasteiger partial charge in [0.15, 0.2) is 5.82 Å². The molecule has 2 aromatic heterocycles. The minimum Gasteiger partial charge on any atom is -0.490 e. The molecule has 5 aromatic rings. The lowest BCUT2D eigenvalue weighted by atomic mass is 9.94. The van der Waals surface area contributed by atoms with Crippen molar-refractivity contribution in [3.8, 4) is 34.0 Å². The number of aromatic nitrogens is 4. The first-order valence-electron chi connectivity index (χ1n) is 15.2. The molecule has 0 amide bonds. The lowest BCUT2D eigenvalue weighted by Crippen LogP contribution is -2.29. The summed E-state index contributed by atoms with van der Waals surface area (Å²) in [6, 6.07) is 23.3. The number of aliphatic hydroxyl groups is 1. The quantitative estimate of drug-likeness (QED) is 0.223. The third-order valence-corrected chi connectivity index (χ3v) is 8.16. The van der Waals surface area contributed by atoms with Crippen molar-refractivity contribution in [2.24, 2.45) is 0 Å². The molecule has 2 unspecified atom stereocenters. The predicted octanol–water partition coefficient (Wildman–Crippen LogP) is 5.78. The van der Waals surface area contributed by atoms with Gasteiger partial charge >= 0.3 is 5.76 Å². The maximum atomic E-state index is 14.2. The van der Waals surface area contributed by atoms with E-state index in [1.807, 2.05) is 79.7 Å². The highest BCUT2D eigenvalue weighted by atomic mass is 16.5. The zero-order valence-electron chi connectivity index (χ0n) is 25.0. The lowest BCUT2D eigenvalue weighted by molar-refractivity contribution is 0.0536. The van der Waals surface area contributed by atoms with Crippen LogP contribution in [0.4, 0.5) is 0 Å². The molecule has 0 radical (unpaired) electrons. The number of ether oxygens (including phenoxy) is 1. The minimum absolute atomic E-state index is 0.0103. The van der Waals surface area contributed by atoms with Crippen LogP contribution in [0.5, 0.6) is 5.75 Å². The summed E-state index contributed by atoms with van der Waals surface area (Å²) in [6.45, 7) is 3.93. The Balaban J connectivity index is 1.36. The van der Waals surface area contributed by atoms with Gasteiger partial charge in [0.25, 0.3) is 5.56 Å². The number of aliphatic hydroxyl groups excluding tert-OH is 1. The lowest BCUT2D eigenvalue weighted by Gasteiger charge is -2.26. The summed E-state index contributed by atoms with van der Waals surface area (Å²) in [7, 11) is 0. The molecule has 3 aromatic carbocycles. The van der Waals surface area contributed by atoms with Gasteiger partial charge in [-0.25, -0.2) is 9.78 Å². The summed E-state index contributed by atoms with van der Waals surface area (Å²) in [5, 5.41) is 14.0. The molecule has 0 bridgehead atoms. The van der Waals surface area contributed by atoms with E-state index in [0.717, 1.165) is 48.1 Å². The fourth-order valence-electron chi connectivity index (χ4n) is 6.05. The van der Waals surface area contributed by atoms with Gasteiger partial charge in [-0.15, -0.1) is 0 Å². The Kier molecular flexibility index (Phi) is 8.56. The minimum atomic E-state index is -0.631. The van der Waals surface area contributed by atoms with Gasteiger partial charge in [-0.2, -0.15) is 0 Å². The van der Waals surface area contributed by atoms with Gasteiger partial charge in [0, 0.05) is 24.0 Å². The van der Waals surface area contributed by atoms with E-state index in [9.17, 15) is 14.7 Å². The van der Waals surface area contributed by atoms with Crippen molar-refractivity contribution in [3.05, 3.63) is 116 Å². The van der Waals surface area contributed by atoms with Crippen LogP contribution in [0.3, 0.4) is 0 Å². The van der Waals surface area contributed by atoms with Crippen molar-refractivity contribution in [3.63, 3.8) is 0 Å². The first kappa shape index (κ1) is 29.3. The largest absolute Gasteiger partial charge is 0.490 e. The summed E-state index contributed by atoms with van der Waals surface area (Å²) in [5.74, 6) is 1.03. The van der Waals surface area contributed by atoms with Crippen LogP contribution in [-0.4, -0.2) is 37.0 Å².